The number of thiazole rings is 1. The van der Waals surface area contributed by atoms with Gasteiger partial charge in [0.05, 0.1) is 11.4 Å². The van der Waals surface area contributed by atoms with E-state index in [2.05, 4.69) is 15.6 Å². The molecular formula is C16H17N3O3S. The monoisotopic (exact) mass is 331 g/mol. The van der Waals surface area contributed by atoms with Crippen molar-refractivity contribution in [3.8, 4) is 5.75 Å². The number of benzene rings is 1. The number of ether oxygens (including phenoxy) is 1. The lowest BCUT2D eigenvalue weighted by molar-refractivity contribution is -0.143. The third-order valence-corrected chi connectivity index (χ3v) is 4.80. The first-order valence-electron chi connectivity index (χ1n) is 7.16. The highest BCUT2D eigenvalue weighted by Crippen LogP contribution is 2.35. The van der Waals surface area contributed by atoms with Crippen molar-refractivity contribution in [2.45, 2.75) is 33.3 Å². The van der Waals surface area contributed by atoms with Crippen molar-refractivity contribution in [1.82, 2.24) is 4.98 Å². The van der Waals surface area contributed by atoms with Crippen molar-refractivity contribution in [1.29, 1.82) is 0 Å². The molecule has 7 heteroatoms. The third kappa shape index (κ3) is 2.68. The Morgan fingerprint density at radius 1 is 1.35 bits per heavy atom. The van der Waals surface area contributed by atoms with Gasteiger partial charge in [-0.3, -0.25) is 14.9 Å². The van der Waals surface area contributed by atoms with Gasteiger partial charge in [0.25, 0.3) is 17.4 Å². The van der Waals surface area contributed by atoms with Crippen LogP contribution in [0.3, 0.4) is 0 Å². The number of aromatic nitrogens is 1. The Hall–Kier alpha value is -2.41. The van der Waals surface area contributed by atoms with Crippen LogP contribution in [-0.2, 0) is 9.59 Å². The van der Waals surface area contributed by atoms with Crippen molar-refractivity contribution in [3.63, 3.8) is 0 Å². The van der Waals surface area contributed by atoms with Crippen LogP contribution in [0.2, 0.25) is 0 Å². The fraction of sp³-hybridized carbons (Fsp3) is 0.312. The number of nitrogens with zero attached hydrogens (tertiary/aromatic N) is 1. The number of amides is 2. The Morgan fingerprint density at radius 2 is 2.09 bits per heavy atom. The highest BCUT2D eigenvalue weighted by Gasteiger charge is 2.47. The molecule has 0 saturated heterocycles. The number of fused-ring (bicyclic) bond motifs is 1. The molecule has 2 N–H and O–H groups in total. The summed E-state index contributed by atoms with van der Waals surface area (Å²) in [6, 6.07) is 5.41. The molecule has 0 bridgehead atoms. The average molecular weight is 331 g/mol. The second-order valence-electron chi connectivity index (χ2n) is 5.70. The molecule has 0 radical (unpaired) electrons. The molecule has 1 aromatic heterocycles. The van der Waals surface area contributed by atoms with Crippen LogP contribution in [0.5, 0.6) is 5.75 Å². The van der Waals surface area contributed by atoms with E-state index in [0.717, 1.165) is 16.1 Å². The minimum atomic E-state index is -1.64. The molecule has 0 aliphatic carbocycles. The molecule has 1 aliphatic rings. The van der Waals surface area contributed by atoms with Crippen LogP contribution < -0.4 is 15.4 Å². The molecule has 0 saturated carbocycles. The molecule has 6 nitrogen and oxygen atoms in total. The number of carbonyl (C=O) groups is 2. The van der Waals surface area contributed by atoms with Gasteiger partial charge < -0.3 is 10.1 Å². The Balaban J connectivity index is 1.87. The van der Waals surface area contributed by atoms with E-state index in [4.69, 9.17) is 4.74 Å². The van der Waals surface area contributed by atoms with Crippen molar-refractivity contribution in [3.05, 3.63) is 34.3 Å². The summed E-state index contributed by atoms with van der Waals surface area (Å²) in [6.07, 6.45) is 0. The van der Waals surface area contributed by atoms with E-state index >= 15 is 0 Å². The first-order chi connectivity index (χ1) is 10.8. The first-order valence-corrected chi connectivity index (χ1v) is 7.98. The van der Waals surface area contributed by atoms with E-state index in [1.165, 1.54) is 18.3 Å². The molecule has 1 aromatic carbocycles. The Morgan fingerprint density at radius 3 is 2.74 bits per heavy atom. The van der Waals surface area contributed by atoms with Gasteiger partial charge in [-0.2, -0.15) is 0 Å². The van der Waals surface area contributed by atoms with E-state index in [9.17, 15) is 9.59 Å². The summed E-state index contributed by atoms with van der Waals surface area (Å²) in [5.41, 5.74) is 0.774. The predicted octanol–water partition coefficient (Wildman–Crippen LogP) is 2.80. The van der Waals surface area contributed by atoms with Gasteiger partial charge in [-0.15, -0.1) is 11.3 Å². The van der Waals surface area contributed by atoms with Crippen LogP contribution in [0.1, 0.15) is 23.1 Å². The van der Waals surface area contributed by atoms with Gasteiger partial charge in [-0.1, -0.05) is 6.07 Å². The molecule has 2 aromatic rings. The smallest absolute Gasteiger partial charge is 0.280 e. The van der Waals surface area contributed by atoms with Gasteiger partial charge in [0, 0.05) is 4.88 Å². The molecule has 0 spiro atoms. The van der Waals surface area contributed by atoms with Crippen molar-refractivity contribution in [2.75, 3.05) is 10.6 Å². The summed E-state index contributed by atoms with van der Waals surface area (Å²) in [4.78, 5) is 30.2. The molecular weight excluding hydrogens is 314 g/mol. The summed E-state index contributed by atoms with van der Waals surface area (Å²) in [5, 5.41) is 5.86. The van der Waals surface area contributed by atoms with Crippen LogP contribution in [0.4, 0.5) is 10.8 Å². The zero-order valence-corrected chi connectivity index (χ0v) is 14.1. The third-order valence-electron chi connectivity index (χ3n) is 3.81. The van der Waals surface area contributed by atoms with Gasteiger partial charge in [0.2, 0.25) is 0 Å². The Kier molecular flexibility index (Phi) is 3.60. The van der Waals surface area contributed by atoms with Gasteiger partial charge in [0.1, 0.15) is 5.75 Å². The standard InChI is InChI=1S/C16H17N3O3S/c1-8-5-6-12-11(7-8)18-13(20)16(4,22-12)14(21)19-15-17-9(2)10(3)23-15/h5-7H,1-4H3,(H,18,20)(H,17,19,21)/t16-/m1/s1. The number of anilines is 2. The van der Waals surface area contributed by atoms with Crippen LogP contribution in [0.15, 0.2) is 18.2 Å². The molecule has 0 unspecified atom stereocenters. The zero-order valence-electron chi connectivity index (χ0n) is 13.3. The molecule has 1 aliphatic heterocycles. The summed E-state index contributed by atoms with van der Waals surface area (Å²) in [7, 11) is 0. The van der Waals surface area contributed by atoms with Crippen molar-refractivity contribution < 1.29 is 14.3 Å². The summed E-state index contributed by atoms with van der Waals surface area (Å²) < 4.78 is 5.71. The number of aryl methyl sites for hydroxylation is 3. The topological polar surface area (TPSA) is 80.3 Å². The lowest BCUT2D eigenvalue weighted by atomic mass is 10.0. The largest absolute Gasteiger partial charge is 0.466 e. The summed E-state index contributed by atoms with van der Waals surface area (Å²) in [6.45, 7) is 7.16. The molecule has 120 valence electrons. The first kappa shape index (κ1) is 15.5. The molecule has 0 fully saturated rings. The van der Waals surface area contributed by atoms with Crippen LogP contribution >= 0.6 is 11.3 Å². The zero-order chi connectivity index (χ0) is 16.8. The van der Waals surface area contributed by atoms with Gasteiger partial charge in [-0.25, -0.2) is 4.98 Å². The summed E-state index contributed by atoms with van der Waals surface area (Å²) >= 11 is 1.36. The lowest BCUT2D eigenvalue weighted by Crippen LogP contribution is -2.56. The molecule has 2 amide bonds. The Labute approximate surface area is 137 Å². The lowest BCUT2D eigenvalue weighted by Gasteiger charge is -2.33. The van der Waals surface area contributed by atoms with Crippen molar-refractivity contribution >= 4 is 34.0 Å². The fourth-order valence-corrected chi connectivity index (χ4v) is 3.04. The second kappa shape index (κ2) is 5.34. The molecule has 2 heterocycles. The number of nitrogens with one attached hydrogen (secondary N) is 2. The maximum absolute atomic E-state index is 12.6. The number of rotatable bonds is 2. The average Bonchev–Trinajstić information content (AvgIpc) is 2.79. The van der Waals surface area contributed by atoms with E-state index < -0.39 is 17.4 Å². The van der Waals surface area contributed by atoms with E-state index in [1.807, 2.05) is 26.8 Å². The van der Waals surface area contributed by atoms with Crippen LogP contribution in [0.25, 0.3) is 0 Å². The number of carbonyl (C=O) groups excluding carboxylic acids is 2. The van der Waals surface area contributed by atoms with Crippen molar-refractivity contribution in [2.24, 2.45) is 0 Å². The minimum Gasteiger partial charge on any atom is -0.466 e. The number of hydrogen-bond acceptors (Lipinski definition) is 5. The fourth-order valence-electron chi connectivity index (χ4n) is 2.23. The minimum absolute atomic E-state index is 0.456. The van der Waals surface area contributed by atoms with E-state index in [-0.39, 0.29) is 0 Å². The van der Waals surface area contributed by atoms with E-state index in [0.29, 0.717) is 16.6 Å². The highest BCUT2D eigenvalue weighted by atomic mass is 32.1. The van der Waals surface area contributed by atoms with Gasteiger partial charge in [-0.05, 0) is 45.4 Å². The second-order valence-corrected chi connectivity index (χ2v) is 6.91. The molecule has 3 rings (SSSR count). The SMILES string of the molecule is Cc1ccc2c(c1)NC(=O)[C@](C)(C(=O)Nc1nc(C)c(C)s1)O2. The van der Waals surface area contributed by atoms with Gasteiger partial charge in [0.15, 0.2) is 5.13 Å². The van der Waals surface area contributed by atoms with Crippen LogP contribution in [-0.4, -0.2) is 22.4 Å². The quantitative estimate of drug-likeness (QED) is 0.829. The summed E-state index contributed by atoms with van der Waals surface area (Å²) in [5.74, 6) is -0.576. The number of hydrogen-bond donors (Lipinski definition) is 2. The molecule has 1 atom stereocenters. The maximum Gasteiger partial charge on any atom is 0.280 e. The normalized spacial score (nSPS) is 19.6. The predicted molar refractivity (Wildman–Crippen MR) is 89.1 cm³/mol. The van der Waals surface area contributed by atoms with Crippen LogP contribution in [0, 0.1) is 20.8 Å². The highest BCUT2D eigenvalue weighted by molar-refractivity contribution is 7.15. The van der Waals surface area contributed by atoms with Gasteiger partial charge >= 0.3 is 0 Å². The molecule has 23 heavy (non-hydrogen) atoms. The Bertz CT molecular complexity index is 795. The maximum atomic E-state index is 12.6. The van der Waals surface area contributed by atoms with E-state index in [1.54, 1.807) is 12.1 Å².